The summed E-state index contributed by atoms with van der Waals surface area (Å²) >= 11 is 1.61. The van der Waals surface area contributed by atoms with Gasteiger partial charge in [-0.05, 0) is 89.6 Å². The van der Waals surface area contributed by atoms with Gasteiger partial charge in [0.15, 0.2) is 0 Å². The van der Waals surface area contributed by atoms with Crippen LogP contribution in [0.2, 0.25) is 0 Å². The third-order valence-electron chi connectivity index (χ3n) is 10.7. The van der Waals surface area contributed by atoms with E-state index in [4.69, 9.17) is 10.5 Å². The Labute approximate surface area is 309 Å². The van der Waals surface area contributed by atoms with Crippen molar-refractivity contribution in [1.29, 1.82) is 0 Å². The topological polar surface area (TPSA) is 143 Å². The van der Waals surface area contributed by atoms with E-state index in [1.165, 1.54) is 0 Å². The molecule has 1 unspecified atom stereocenters. The molecular formula is C43H50N2O6S. The standard InChI is InChI=1S/C43H50N2O6S/c44-25-36(38(47)22-29-13-16-33-26-45-20-19-31(33)21-29)30-14-11-28(12-15-30)27-51-43(50)10-4-2-1-3-8-34-35(40(49)24-39(34)48)17-18-37(46)42-23-32-7-5-6-9-41(32)52-42/h5-7,9,11-16,19-21,23,26,34-37,39-40,46,48-49H,1-4,8,10,17-18,22,24-25,27,44H2/t34-,35-,36?,37-,39+,40-/m1/s1. The van der Waals surface area contributed by atoms with E-state index in [0.717, 1.165) is 74.5 Å². The number of hydrogen-bond donors (Lipinski definition) is 4. The molecule has 1 fully saturated rings. The Bertz CT molecular complexity index is 1890. The summed E-state index contributed by atoms with van der Waals surface area (Å²) in [6, 6.07) is 25.6. The Morgan fingerprint density at radius 3 is 2.38 bits per heavy atom. The highest BCUT2D eigenvalue weighted by Crippen LogP contribution is 2.41. The lowest BCUT2D eigenvalue weighted by Gasteiger charge is -2.24. The van der Waals surface area contributed by atoms with E-state index in [1.54, 1.807) is 23.7 Å². The van der Waals surface area contributed by atoms with Crippen LogP contribution < -0.4 is 5.73 Å². The lowest BCUT2D eigenvalue weighted by atomic mass is 9.84. The maximum atomic E-state index is 13.2. The first-order chi connectivity index (χ1) is 25.3. The summed E-state index contributed by atoms with van der Waals surface area (Å²) in [6.07, 6.45) is 8.43. The number of hydrogen-bond acceptors (Lipinski definition) is 9. The first-order valence-corrected chi connectivity index (χ1v) is 19.4. The summed E-state index contributed by atoms with van der Waals surface area (Å²) in [5, 5.41) is 35.5. The summed E-state index contributed by atoms with van der Waals surface area (Å²) in [7, 11) is 0. The molecule has 1 aliphatic rings. The number of rotatable bonds is 18. The van der Waals surface area contributed by atoms with Crippen molar-refractivity contribution in [2.24, 2.45) is 17.6 Å². The molecule has 52 heavy (non-hydrogen) atoms. The molecule has 3 aromatic carbocycles. The molecule has 0 spiro atoms. The molecule has 274 valence electrons. The fourth-order valence-electron chi connectivity index (χ4n) is 7.75. The average Bonchev–Trinajstić information content (AvgIpc) is 3.71. The number of thiophene rings is 1. The van der Waals surface area contributed by atoms with Gasteiger partial charge in [-0.25, -0.2) is 0 Å². The smallest absolute Gasteiger partial charge is 0.306 e. The fourth-order valence-corrected chi connectivity index (χ4v) is 8.83. The van der Waals surface area contributed by atoms with Crippen molar-refractivity contribution in [1.82, 2.24) is 4.98 Å². The van der Waals surface area contributed by atoms with E-state index in [-0.39, 0.29) is 36.7 Å². The third-order valence-corrected chi connectivity index (χ3v) is 11.9. The number of fused-ring (bicyclic) bond motifs is 2. The number of ether oxygens (including phenoxy) is 1. The number of aromatic nitrogens is 1. The molecule has 1 aliphatic carbocycles. The molecular weight excluding hydrogens is 673 g/mol. The second-order valence-corrected chi connectivity index (χ2v) is 15.4. The molecule has 0 radical (unpaired) electrons. The van der Waals surface area contributed by atoms with E-state index in [0.29, 0.717) is 32.1 Å². The van der Waals surface area contributed by atoms with Gasteiger partial charge >= 0.3 is 5.97 Å². The van der Waals surface area contributed by atoms with Gasteiger partial charge in [0.2, 0.25) is 0 Å². The Morgan fingerprint density at radius 1 is 0.846 bits per heavy atom. The second kappa shape index (κ2) is 18.2. The van der Waals surface area contributed by atoms with E-state index in [9.17, 15) is 24.9 Å². The van der Waals surface area contributed by atoms with Crippen molar-refractivity contribution in [3.8, 4) is 0 Å². The number of esters is 1. The normalized spacial score (nSPS) is 19.9. The van der Waals surface area contributed by atoms with Crippen molar-refractivity contribution in [3.05, 3.63) is 113 Å². The first kappa shape index (κ1) is 37.8. The largest absolute Gasteiger partial charge is 0.461 e. The summed E-state index contributed by atoms with van der Waals surface area (Å²) in [5.74, 6) is -0.606. The van der Waals surface area contributed by atoms with Crippen molar-refractivity contribution in [3.63, 3.8) is 0 Å². The molecule has 5 N–H and O–H groups in total. The van der Waals surface area contributed by atoms with Crippen LogP contribution in [0.4, 0.5) is 0 Å². The molecule has 6 atom stereocenters. The zero-order chi connectivity index (χ0) is 36.5. The quantitative estimate of drug-likeness (QED) is 0.0536. The number of pyridine rings is 1. The zero-order valence-corrected chi connectivity index (χ0v) is 30.4. The second-order valence-electron chi connectivity index (χ2n) is 14.3. The minimum Gasteiger partial charge on any atom is -0.461 e. The highest BCUT2D eigenvalue weighted by atomic mass is 32.1. The van der Waals surface area contributed by atoms with Gasteiger partial charge in [0, 0.05) is 46.7 Å². The van der Waals surface area contributed by atoms with E-state index < -0.39 is 24.2 Å². The van der Waals surface area contributed by atoms with Crippen LogP contribution in [0.1, 0.15) is 91.4 Å². The fraction of sp³-hybridized carbons (Fsp3) is 0.419. The van der Waals surface area contributed by atoms with Crippen LogP contribution in [0.5, 0.6) is 0 Å². The number of carbonyl (C=O) groups excluding carboxylic acids is 2. The minimum atomic E-state index is -0.577. The van der Waals surface area contributed by atoms with Gasteiger partial charge in [0.1, 0.15) is 12.4 Å². The Kier molecular flexibility index (Phi) is 13.2. The molecule has 2 heterocycles. The molecule has 0 amide bonds. The summed E-state index contributed by atoms with van der Waals surface area (Å²) in [5.41, 5.74) is 8.68. The van der Waals surface area contributed by atoms with Crippen LogP contribution in [-0.4, -0.2) is 50.8 Å². The predicted octanol–water partition coefficient (Wildman–Crippen LogP) is 7.56. The van der Waals surface area contributed by atoms with Crippen LogP contribution >= 0.6 is 11.3 Å². The minimum absolute atomic E-state index is 0.0155. The molecule has 0 aliphatic heterocycles. The number of Topliss-reactive ketones (excluding diaryl/α,β-unsaturated/α-hetero) is 1. The van der Waals surface area contributed by atoms with Crippen LogP contribution in [0.3, 0.4) is 0 Å². The van der Waals surface area contributed by atoms with Gasteiger partial charge in [-0.15, -0.1) is 11.3 Å². The van der Waals surface area contributed by atoms with Gasteiger partial charge < -0.3 is 25.8 Å². The maximum absolute atomic E-state index is 13.2. The average molecular weight is 723 g/mol. The van der Waals surface area contributed by atoms with Gasteiger partial charge in [0.05, 0.1) is 24.2 Å². The molecule has 0 saturated heterocycles. The van der Waals surface area contributed by atoms with Crippen molar-refractivity contribution in [2.75, 3.05) is 6.54 Å². The number of aliphatic hydroxyl groups is 3. The van der Waals surface area contributed by atoms with Crippen LogP contribution in [0.15, 0.2) is 91.3 Å². The Balaban J connectivity index is 0.872. The highest BCUT2D eigenvalue weighted by Gasteiger charge is 2.41. The van der Waals surface area contributed by atoms with Gasteiger partial charge in [-0.1, -0.05) is 79.9 Å². The molecule has 1 saturated carbocycles. The van der Waals surface area contributed by atoms with Crippen LogP contribution in [0, 0.1) is 11.8 Å². The molecule has 0 bridgehead atoms. The predicted molar refractivity (Wildman–Crippen MR) is 206 cm³/mol. The number of unbranched alkanes of at least 4 members (excludes halogenated alkanes) is 3. The number of nitrogens with two attached hydrogens (primary N) is 1. The number of aliphatic hydroxyl groups excluding tert-OH is 3. The summed E-state index contributed by atoms with van der Waals surface area (Å²) < 4.78 is 6.68. The zero-order valence-electron chi connectivity index (χ0n) is 29.6. The monoisotopic (exact) mass is 722 g/mol. The summed E-state index contributed by atoms with van der Waals surface area (Å²) in [4.78, 5) is 30.7. The number of nitrogens with zero attached hydrogens (tertiary/aromatic N) is 1. The molecule has 9 heteroatoms. The Morgan fingerprint density at radius 2 is 1.60 bits per heavy atom. The highest BCUT2D eigenvalue weighted by molar-refractivity contribution is 7.19. The molecule has 2 aromatic heterocycles. The van der Waals surface area contributed by atoms with Gasteiger partial charge in [0.25, 0.3) is 0 Å². The number of ketones is 1. The number of carbonyl (C=O) groups is 2. The van der Waals surface area contributed by atoms with Gasteiger partial charge in [-0.3, -0.25) is 14.6 Å². The SMILES string of the molecule is NCC(C(=O)Cc1ccc2cnccc2c1)c1ccc(COC(=O)CCCCCC[C@@H]2[C@@H](CC[C@@H](O)c3cc4ccccc4s3)[C@H](O)C[C@@H]2O)cc1. The van der Waals surface area contributed by atoms with Crippen LogP contribution in [0.25, 0.3) is 20.9 Å². The van der Waals surface area contributed by atoms with Crippen molar-refractivity contribution >= 4 is 43.9 Å². The molecule has 6 rings (SSSR count). The number of benzene rings is 3. The maximum Gasteiger partial charge on any atom is 0.306 e. The lowest BCUT2D eigenvalue weighted by Crippen LogP contribution is -2.23. The molecule has 5 aromatic rings. The third kappa shape index (κ3) is 9.70. The first-order valence-electron chi connectivity index (χ1n) is 18.6. The summed E-state index contributed by atoms with van der Waals surface area (Å²) in [6.45, 7) is 0.389. The van der Waals surface area contributed by atoms with E-state index in [1.807, 2.05) is 66.7 Å². The van der Waals surface area contributed by atoms with Crippen molar-refractivity contribution in [2.45, 2.75) is 95.0 Å². The Hall–Kier alpha value is -3.99. The van der Waals surface area contributed by atoms with Crippen LogP contribution in [-0.2, 0) is 27.4 Å². The van der Waals surface area contributed by atoms with Crippen molar-refractivity contribution < 1.29 is 29.6 Å². The van der Waals surface area contributed by atoms with Gasteiger partial charge in [-0.2, -0.15) is 0 Å². The lowest BCUT2D eigenvalue weighted by molar-refractivity contribution is -0.145. The molecule has 8 nitrogen and oxygen atoms in total. The van der Waals surface area contributed by atoms with E-state index in [2.05, 4.69) is 17.1 Å². The van der Waals surface area contributed by atoms with E-state index >= 15 is 0 Å².